The second kappa shape index (κ2) is 11.0. The van der Waals surface area contributed by atoms with E-state index in [4.69, 9.17) is 10.3 Å². The lowest BCUT2D eigenvalue weighted by Crippen LogP contribution is -2.27. The van der Waals surface area contributed by atoms with Crippen LogP contribution in [0.1, 0.15) is 33.6 Å². The predicted molar refractivity (Wildman–Crippen MR) is 93.6 cm³/mol. The maximum Gasteiger partial charge on any atom is 0.251 e. The van der Waals surface area contributed by atoms with Gasteiger partial charge < -0.3 is 25.5 Å². The van der Waals surface area contributed by atoms with Gasteiger partial charge in [0.05, 0.1) is 0 Å². The van der Waals surface area contributed by atoms with Gasteiger partial charge in [-0.2, -0.15) is 0 Å². The first-order valence-electron chi connectivity index (χ1n) is 7.23. The Bertz CT molecular complexity index is 598. The van der Waals surface area contributed by atoms with Crippen LogP contribution in [0, 0.1) is 0 Å². The van der Waals surface area contributed by atoms with Gasteiger partial charge in [-0.25, -0.2) is 0 Å². The number of anilines is 1. The average Bonchev–Trinajstić information content (AvgIpc) is 2.54. The van der Waals surface area contributed by atoms with Crippen molar-refractivity contribution in [1.82, 2.24) is 10.6 Å². The van der Waals surface area contributed by atoms with Crippen LogP contribution in [0.25, 0.3) is 0 Å². The lowest BCUT2D eigenvalue weighted by atomic mass is 10.1. The highest BCUT2D eigenvalue weighted by atomic mass is 32.2. The molecule has 1 unspecified atom stereocenters. The predicted octanol–water partition coefficient (Wildman–Crippen LogP) is 0.594. The fourth-order valence-corrected chi connectivity index (χ4v) is 2.50. The number of nitrogens with one attached hydrogen (secondary N) is 2. The zero-order valence-electron chi connectivity index (χ0n) is 12.9. The Labute approximate surface area is 147 Å². The topological polar surface area (TPSA) is 145 Å². The molecule has 8 nitrogen and oxygen atoms in total. The van der Waals surface area contributed by atoms with Crippen molar-refractivity contribution in [2.24, 2.45) is 0 Å². The molecule has 1 aromatic carbocycles. The summed E-state index contributed by atoms with van der Waals surface area (Å²) in [4.78, 5) is 24.1. The minimum atomic E-state index is -2.13. The molecule has 24 heavy (non-hydrogen) atoms. The quantitative estimate of drug-likeness (QED) is 0.203. The van der Waals surface area contributed by atoms with Gasteiger partial charge in [-0.05, 0) is 43.1 Å². The summed E-state index contributed by atoms with van der Waals surface area (Å²) < 4.78 is 29.4. The number of hydrogen-bond donors (Lipinski definition) is 4. The fraction of sp³-hybridized carbons (Fsp3) is 0.429. The van der Waals surface area contributed by atoms with E-state index in [0.717, 1.165) is 0 Å². The molecule has 134 valence electrons. The van der Waals surface area contributed by atoms with E-state index in [1.807, 2.05) is 0 Å². The van der Waals surface area contributed by atoms with Gasteiger partial charge in [0, 0.05) is 41.4 Å². The number of benzene rings is 1. The summed E-state index contributed by atoms with van der Waals surface area (Å²) in [6, 6.07) is 4.33. The summed E-state index contributed by atoms with van der Waals surface area (Å²) in [5, 5.41) is 5.25. The fourth-order valence-electron chi connectivity index (χ4n) is 1.85. The van der Waals surface area contributed by atoms with Crippen LogP contribution >= 0.6 is 12.0 Å². The number of rotatable bonds is 10. The number of carbonyl (C=O) groups is 2. The van der Waals surface area contributed by atoms with Gasteiger partial charge in [0.2, 0.25) is 0 Å². The SMILES string of the molecule is Nc1cc(C(=O)NCCCSO)cc(C(=O)NCCCS(=O)[O-])c1. The molecule has 0 bridgehead atoms. The molecule has 0 aromatic heterocycles. The molecule has 0 aliphatic carbocycles. The van der Waals surface area contributed by atoms with E-state index in [1.54, 1.807) is 0 Å². The summed E-state index contributed by atoms with van der Waals surface area (Å²) in [5.74, 6) is -0.304. The second-order valence-electron chi connectivity index (χ2n) is 4.90. The zero-order valence-corrected chi connectivity index (χ0v) is 14.6. The average molecular weight is 374 g/mol. The van der Waals surface area contributed by atoms with Gasteiger partial charge in [-0.3, -0.25) is 13.8 Å². The standard InChI is InChI=1S/C14H21N3O5S2/c15-12-8-10(13(18)16-3-1-5-23-20)7-11(9-12)14(19)17-4-2-6-24(21)22/h7-9,20H,1-6,15H2,(H,16,18)(H,17,19)(H,21,22)/p-1. The van der Waals surface area contributed by atoms with Crippen molar-refractivity contribution < 1.29 is 22.9 Å². The second-order valence-corrected chi connectivity index (χ2v) is 6.59. The van der Waals surface area contributed by atoms with Crippen molar-refractivity contribution in [2.75, 3.05) is 30.3 Å². The lowest BCUT2D eigenvalue weighted by Gasteiger charge is -2.10. The molecule has 2 amide bonds. The molecule has 5 N–H and O–H groups in total. The molecule has 0 spiro atoms. The Hall–Kier alpha value is -1.62. The molecule has 0 heterocycles. The first-order valence-corrected chi connectivity index (χ1v) is 9.42. The molecule has 0 saturated heterocycles. The molecular weight excluding hydrogens is 354 g/mol. The minimum absolute atomic E-state index is 0.0308. The monoisotopic (exact) mass is 374 g/mol. The smallest absolute Gasteiger partial charge is 0.251 e. The summed E-state index contributed by atoms with van der Waals surface area (Å²) in [6.07, 6.45) is 0.921. The maximum atomic E-state index is 12.0. The van der Waals surface area contributed by atoms with Crippen LogP contribution in [0.15, 0.2) is 18.2 Å². The van der Waals surface area contributed by atoms with Crippen LogP contribution < -0.4 is 16.4 Å². The van der Waals surface area contributed by atoms with Crippen LogP contribution in [-0.4, -0.2) is 49.7 Å². The third kappa shape index (κ3) is 7.77. The number of carbonyl (C=O) groups excluding carboxylic acids is 2. The molecule has 0 saturated carbocycles. The van der Waals surface area contributed by atoms with Crippen LogP contribution in [0.4, 0.5) is 5.69 Å². The molecule has 0 aliphatic heterocycles. The number of amides is 2. The number of nitrogens with two attached hydrogens (primary N) is 1. The molecule has 1 rings (SSSR count). The number of nitrogen functional groups attached to an aromatic ring is 1. The van der Waals surface area contributed by atoms with Crippen LogP contribution in [0.5, 0.6) is 0 Å². The highest BCUT2D eigenvalue weighted by molar-refractivity contribution is 7.93. The van der Waals surface area contributed by atoms with E-state index in [1.165, 1.54) is 18.2 Å². The largest absolute Gasteiger partial charge is 0.772 e. The van der Waals surface area contributed by atoms with Gasteiger partial charge in [-0.15, -0.1) is 0 Å². The summed E-state index contributed by atoms with van der Waals surface area (Å²) in [7, 11) is 0. The molecule has 10 heteroatoms. The van der Waals surface area contributed by atoms with E-state index in [9.17, 15) is 18.4 Å². The van der Waals surface area contributed by atoms with Crippen molar-refractivity contribution >= 4 is 40.6 Å². The lowest BCUT2D eigenvalue weighted by molar-refractivity contribution is 0.0953. The first kappa shape index (κ1) is 20.4. The molecule has 1 atom stereocenters. The molecule has 0 fully saturated rings. The highest BCUT2D eigenvalue weighted by Gasteiger charge is 2.12. The van der Waals surface area contributed by atoms with Crippen molar-refractivity contribution in [1.29, 1.82) is 0 Å². The molecule has 1 aromatic rings. The van der Waals surface area contributed by atoms with Gasteiger partial charge in [0.15, 0.2) is 0 Å². The van der Waals surface area contributed by atoms with Gasteiger partial charge in [-0.1, -0.05) is 11.1 Å². The molecular formula is C14H20N3O5S2-. The van der Waals surface area contributed by atoms with E-state index in [0.29, 0.717) is 37.2 Å². The van der Waals surface area contributed by atoms with Crippen molar-refractivity contribution in [3.8, 4) is 0 Å². The van der Waals surface area contributed by atoms with Crippen molar-refractivity contribution in [3.63, 3.8) is 0 Å². The van der Waals surface area contributed by atoms with Crippen LogP contribution in [0.2, 0.25) is 0 Å². The minimum Gasteiger partial charge on any atom is -0.772 e. The molecule has 0 aliphatic rings. The third-order valence-electron chi connectivity index (χ3n) is 2.95. The van der Waals surface area contributed by atoms with E-state index in [2.05, 4.69) is 10.6 Å². The molecule has 0 radical (unpaired) electrons. The summed E-state index contributed by atoms with van der Waals surface area (Å²) in [5.41, 5.74) is 6.50. The zero-order chi connectivity index (χ0) is 17.9. The van der Waals surface area contributed by atoms with Gasteiger partial charge in [0.25, 0.3) is 11.8 Å². The normalized spacial score (nSPS) is 11.8. The highest BCUT2D eigenvalue weighted by Crippen LogP contribution is 2.12. The Morgan fingerprint density at radius 3 is 2.17 bits per heavy atom. The van der Waals surface area contributed by atoms with Crippen LogP contribution in [-0.2, 0) is 11.1 Å². The van der Waals surface area contributed by atoms with E-state index < -0.39 is 17.0 Å². The van der Waals surface area contributed by atoms with E-state index >= 15 is 0 Å². The third-order valence-corrected chi connectivity index (χ3v) is 4.04. The first-order chi connectivity index (χ1) is 11.4. The Balaban J connectivity index is 2.62. The summed E-state index contributed by atoms with van der Waals surface area (Å²) >= 11 is -1.43. The van der Waals surface area contributed by atoms with Crippen LogP contribution in [0.3, 0.4) is 0 Å². The number of hydrogen-bond acceptors (Lipinski definition) is 7. The Morgan fingerprint density at radius 2 is 1.67 bits per heavy atom. The maximum absolute atomic E-state index is 12.0. The van der Waals surface area contributed by atoms with E-state index in [-0.39, 0.29) is 35.0 Å². The van der Waals surface area contributed by atoms with Crippen molar-refractivity contribution in [3.05, 3.63) is 29.3 Å². The van der Waals surface area contributed by atoms with Gasteiger partial charge >= 0.3 is 0 Å². The Morgan fingerprint density at radius 1 is 1.12 bits per heavy atom. The van der Waals surface area contributed by atoms with Crippen molar-refractivity contribution in [2.45, 2.75) is 12.8 Å². The summed E-state index contributed by atoms with van der Waals surface area (Å²) in [6.45, 7) is 0.608. The Kier molecular flexibility index (Phi) is 9.38. The van der Waals surface area contributed by atoms with Gasteiger partial charge in [0.1, 0.15) is 0 Å².